The highest BCUT2D eigenvalue weighted by Crippen LogP contribution is 2.33. The molecule has 0 amide bonds. The van der Waals surface area contributed by atoms with Crippen LogP contribution in [0.25, 0.3) is 0 Å². The van der Waals surface area contributed by atoms with Crippen LogP contribution in [0.4, 0.5) is 0 Å². The van der Waals surface area contributed by atoms with Gasteiger partial charge >= 0.3 is 0 Å². The Bertz CT molecular complexity index is 664. The average Bonchev–Trinajstić information content (AvgIpc) is 3.15. The summed E-state index contributed by atoms with van der Waals surface area (Å²) in [6.07, 6.45) is 12.3. The maximum Gasteiger partial charge on any atom is 0.152 e. The fraction of sp³-hybridized carbons (Fsp3) is 0.739. The van der Waals surface area contributed by atoms with E-state index in [0.717, 1.165) is 30.9 Å². The highest BCUT2D eigenvalue weighted by Gasteiger charge is 2.27. The molecule has 2 aliphatic rings. The first kappa shape index (κ1) is 20.7. The first-order valence-corrected chi connectivity index (χ1v) is 12.6. The van der Waals surface area contributed by atoms with E-state index in [1.54, 1.807) is 13.8 Å². The first-order valence-electron chi connectivity index (χ1n) is 10.9. The van der Waals surface area contributed by atoms with Gasteiger partial charge in [0.15, 0.2) is 9.84 Å². The summed E-state index contributed by atoms with van der Waals surface area (Å²) in [4.78, 5) is 0. The second-order valence-corrected chi connectivity index (χ2v) is 11.6. The standard InChI is InChI=1S/C23H36O3S/c1-18(2)27(24,25)17-21-11-9-19(10-12-21)7-8-20-13-15-23(16-14-20)26-22-5-3-4-6-22/h13-16,18-19,21-22H,3-12,17H2,1-2H3. The van der Waals surface area contributed by atoms with E-state index in [2.05, 4.69) is 24.3 Å². The zero-order valence-electron chi connectivity index (χ0n) is 17.0. The lowest BCUT2D eigenvalue weighted by Crippen LogP contribution is -2.26. The van der Waals surface area contributed by atoms with Crippen molar-refractivity contribution in [2.45, 2.75) is 89.4 Å². The summed E-state index contributed by atoms with van der Waals surface area (Å²) in [5.41, 5.74) is 1.39. The van der Waals surface area contributed by atoms with Crippen LogP contribution in [-0.2, 0) is 16.3 Å². The molecule has 0 atom stereocenters. The summed E-state index contributed by atoms with van der Waals surface area (Å²) in [7, 11) is -2.90. The van der Waals surface area contributed by atoms with Crippen LogP contribution in [0.2, 0.25) is 0 Å². The SMILES string of the molecule is CC(C)S(=O)(=O)CC1CCC(CCc2ccc(OC3CCCC3)cc2)CC1. The Morgan fingerprint density at radius 3 is 2.11 bits per heavy atom. The predicted molar refractivity (Wildman–Crippen MR) is 112 cm³/mol. The lowest BCUT2D eigenvalue weighted by molar-refractivity contribution is 0.210. The Morgan fingerprint density at radius 1 is 0.926 bits per heavy atom. The molecule has 0 unspecified atom stereocenters. The van der Waals surface area contributed by atoms with Gasteiger partial charge < -0.3 is 4.74 Å². The van der Waals surface area contributed by atoms with E-state index in [4.69, 9.17) is 4.74 Å². The number of rotatable bonds is 8. The molecule has 0 bridgehead atoms. The number of sulfone groups is 1. The van der Waals surface area contributed by atoms with Gasteiger partial charge in [0.2, 0.25) is 0 Å². The van der Waals surface area contributed by atoms with E-state index < -0.39 is 9.84 Å². The fourth-order valence-electron chi connectivity index (χ4n) is 4.51. The minimum atomic E-state index is -2.90. The second-order valence-electron chi connectivity index (χ2n) is 8.97. The Hall–Kier alpha value is -1.03. The molecule has 0 radical (unpaired) electrons. The van der Waals surface area contributed by atoms with Gasteiger partial charge in [0.25, 0.3) is 0 Å². The summed E-state index contributed by atoms with van der Waals surface area (Å²) in [5.74, 6) is 2.52. The van der Waals surface area contributed by atoms with Crippen molar-refractivity contribution >= 4 is 9.84 Å². The number of ether oxygens (including phenoxy) is 1. The molecule has 4 heteroatoms. The van der Waals surface area contributed by atoms with Gasteiger partial charge in [-0.05, 0) is 94.7 Å². The van der Waals surface area contributed by atoms with Gasteiger partial charge in [-0.15, -0.1) is 0 Å². The van der Waals surface area contributed by atoms with Gasteiger partial charge in [-0.3, -0.25) is 0 Å². The minimum Gasteiger partial charge on any atom is -0.490 e. The summed E-state index contributed by atoms with van der Waals surface area (Å²) in [6, 6.07) is 8.68. The average molecular weight is 393 g/mol. The highest BCUT2D eigenvalue weighted by molar-refractivity contribution is 7.91. The van der Waals surface area contributed by atoms with Gasteiger partial charge in [0.1, 0.15) is 5.75 Å². The van der Waals surface area contributed by atoms with Crippen molar-refractivity contribution in [2.75, 3.05) is 5.75 Å². The van der Waals surface area contributed by atoms with E-state index in [9.17, 15) is 8.42 Å². The molecule has 1 aromatic carbocycles. The van der Waals surface area contributed by atoms with E-state index in [1.807, 2.05) is 0 Å². The van der Waals surface area contributed by atoms with Gasteiger partial charge in [-0.2, -0.15) is 0 Å². The van der Waals surface area contributed by atoms with Crippen molar-refractivity contribution in [3.63, 3.8) is 0 Å². The Kier molecular flexibility index (Phi) is 7.24. The Morgan fingerprint density at radius 2 is 1.52 bits per heavy atom. The fourth-order valence-corrected chi connectivity index (χ4v) is 5.89. The Labute approximate surface area is 165 Å². The van der Waals surface area contributed by atoms with Crippen molar-refractivity contribution in [1.29, 1.82) is 0 Å². The van der Waals surface area contributed by atoms with Crippen LogP contribution < -0.4 is 4.74 Å². The largest absolute Gasteiger partial charge is 0.490 e. The third-order valence-corrected chi connectivity index (χ3v) is 8.89. The molecule has 2 saturated carbocycles. The lowest BCUT2D eigenvalue weighted by Gasteiger charge is -2.28. The summed E-state index contributed by atoms with van der Waals surface area (Å²) in [6.45, 7) is 3.59. The maximum atomic E-state index is 12.1. The monoisotopic (exact) mass is 392 g/mol. The number of benzene rings is 1. The topological polar surface area (TPSA) is 43.4 Å². The molecule has 0 spiro atoms. The smallest absolute Gasteiger partial charge is 0.152 e. The van der Waals surface area contributed by atoms with Crippen molar-refractivity contribution < 1.29 is 13.2 Å². The molecule has 3 rings (SSSR count). The number of hydrogen-bond acceptors (Lipinski definition) is 3. The van der Waals surface area contributed by atoms with Crippen LogP contribution >= 0.6 is 0 Å². The molecular weight excluding hydrogens is 356 g/mol. The van der Waals surface area contributed by atoms with Crippen LogP contribution in [0.3, 0.4) is 0 Å². The normalized spacial score (nSPS) is 24.4. The van der Waals surface area contributed by atoms with Crippen molar-refractivity contribution in [1.82, 2.24) is 0 Å². The zero-order valence-corrected chi connectivity index (χ0v) is 17.8. The quantitative estimate of drug-likeness (QED) is 0.581. The van der Waals surface area contributed by atoms with Crippen LogP contribution in [0, 0.1) is 11.8 Å². The van der Waals surface area contributed by atoms with Crippen LogP contribution in [0.1, 0.15) is 77.2 Å². The molecule has 152 valence electrons. The molecule has 27 heavy (non-hydrogen) atoms. The van der Waals surface area contributed by atoms with Gasteiger partial charge in [0.05, 0.1) is 17.1 Å². The van der Waals surface area contributed by atoms with E-state index >= 15 is 0 Å². The number of hydrogen-bond donors (Lipinski definition) is 0. The third-order valence-electron chi connectivity index (χ3n) is 6.52. The van der Waals surface area contributed by atoms with Crippen LogP contribution in [-0.4, -0.2) is 25.5 Å². The molecule has 2 fully saturated rings. The van der Waals surface area contributed by atoms with Crippen LogP contribution in [0.5, 0.6) is 5.75 Å². The Balaban J connectivity index is 1.38. The van der Waals surface area contributed by atoms with Crippen molar-refractivity contribution in [2.24, 2.45) is 11.8 Å². The minimum absolute atomic E-state index is 0.240. The molecule has 1 aromatic rings. The first-order chi connectivity index (χ1) is 12.9. The van der Waals surface area contributed by atoms with E-state index in [0.29, 0.717) is 17.8 Å². The third kappa shape index (κ3) is 6.23. The predicted octanol–water partition coefficient (Wildman–Crippen LogP) is 5.57. The molecule has 0 aliphatic heterocycles. The van der Waals surface area contributed by atoms with Gasteiger partial charge in [-0.25, -0.2) is 8.42 Å². The molecule has 0 heterocycles. The van der Waals surface area contributed by atoms with Gasteiger partial charge in [0, 0.05) is 0 Å². The van der Waals surface area contributed by atoms with Crippen molar-refractivity contribution in [3.8, 4) is 5.75 Å². The molecule has 3 nitrogen and oxygen atoms in total. The highest BCUT2D eigenvalue weighted by atomic mass is 32.2. The lowest BCUT2D eigenvalue weighted by atomic mass is 9.80. The molecular formula is C23H36O3S. The molecule has 0 N–H and O–H groups in total. The molecule has 0 saturated heterocycles. The molecule has 2 aliphatic carbocycles. The summed E-state index contributed by atoms with van der Waals surface area (Å²) >= 11 is 0. The van der Waals surface area contributed by atoms with Gasteiger partial charge in [-0.1, -0.05) is 25.0 Å². The zero-order chi connectivity index (χ0) is 19.3. The molecule has 0 aromatic heterocycles. The van der Waals surface area contributed by atoms with E-state index in [1.165, 1.54) is 50.5 Å². The maximum absolute atomic E-state index is 12.1. The van der Waals surface area contributed by atoms with Crippen molar-refractivity contribution in [3.05, 3.63) is 29.8 Å². The summed E-state index contributed by atoms with van der Waals surface area (Å²) in [5, 5.41) is -0.240. The second kappa shape index (κ2) is 9.45. The van der Waals surface area contributed by atoms with Crippen LogP contribution in [0.15, 0.2) is 24.3 Å². The number of aryl methyl sites for hydroxylation is 1. The summed E-state index contributed by atoms with van der Waals surface area (Å²) < 4.78 is 30.3. The van der Waals surface area contributed by atoms with E-state index in [-0.39, 0.29) is 5.25 Å².